The van der Waals surface area contributed by atoms with Gasteiger partial charge < -0.3 is 20.8 Å². The molecular weight excluding hydrogens is 495 g/mol. The summed E-state index contributed by atoms with van der Waals surface area (Å²) in [6, 6.07) is 11.7. The fourth-order valence-corrected chi connectivity index (χ4v) is 4.41. The van der Waals surface area contributed by atoms with Gasteiger partial charge >= 0.3 is 6.18 Å². The molecule has 7 nitrogen and oxygen atoms in total. The van der Waals surface area contributed by atoms with Gasteiger partial charge in [0.1, 0.15) is 0 Å². The number of carbonyl (C=O) groups is 2. The summed E-state index contributed by atoms with van der Waals surface area (Å²) in [5, 5.41) is -0.534. The maximum atomic E-state index is 12.9. The molecule has 2 aromatic carbocycles. The van der Waals surface area contributed by atoms with Crippen LogP contribution >= 0.6 is 24.2 Å². The number of likely N-dealkylation sites (N-methyl/N-ethyl adjacent to an activating group) is 1. The molecule has 0 aromatic heterocycles. The minimum absolute atomic E-state index is 0. The van der Waals surface area contributed by atoms with Gasteiger partial charge in [0.2, 0.25) is 0 Å². The molecule has 0 aliphatic carbocycles. The van der Waals surface area contributed by atoms with Crippen molar-refractivity contribution in [2.24, 2.45) is 0 Å². The Kier molecular flexibility index (Phi) is 10.2. The van der Waals surface area contributed by atoms with Crippen molar-refractivity contribution in [3.8, 4) is 0 Å². The van der Waals surface area contributed by atoms with Gasteiger partial charge in [-0.25, -0.2) is 4.90 Å². The Labute approximate surface area is 205 Å². The Balaban J connectivity index is 0.00000193. The fourth-order valence-electron chi connectivity index (χ4n) is 3.58. The summed E-state index contributed by atoms with van der Waals surface area (Å²) in [5.74, 6) is -0.539. The van der Waals surface area contributed by atoms with Crippen molar-refractivity contribution >= 4 is 52.8 Å². The molecule has 0 unspecified atom stereocenters. The van der Waals surface area contributed by atoms with Crippen LogP contribution in [0.15, 0.2) is 53.4 Å². The van der Waals surface area contributed by atoms with Crippen LogP contribution < -0.4 is 9.80 Å². The molecule has 34 heavy (non-hydrogen) atoms. The van der Waals surface area contributed by atoms with Gasteiger partial charge in [-0.1, -0.05) is 18.2 Å². The smallest absolute Gasteiger partial charge is 0.412 e. The Morgan fingerprint density at radius 3 is 2.09 bits per heavy atom. The molecule has 4 N–H and O–H groups in total. The molecule has 2 heterocycles. The van der Waals surface area contributed by atoms with Crippen LogP contribution in [0, 0.1) is 0 Å². The van der Waals surface area contributed by atoms with Crippen molar-refractivity contribution in [1.29, 1.82) is 0 Å². The predicted octanol–water partition coefficient (Wildman–Crippen LogP) is 3.47. The highest BCUT2D eigenvalue weighted by atomic mass is 35.5. The highest BCUT2D eigenvalue weighted by Gasteiger charge is 2.37. The Hall–Kier alpha value is -2.57. The molecule has 0 spiro atoms. The van der Waals surface area contributed by atoms with E-state index in [1.54, 1.807) is 6.08 Å². The van der Waals surface area contributed by atoms with E-state index in [0.29, 0.717) is 0 Å². The lowest BCUT2D eigenvalue weighted by atomic mass is 10.1. The van der Waals surface area contributed by atoms with Crippen molar-refractivity contribution in [3.63, 3.8) is 0 Å². The van der Waals surface area contributed by atoms with Crippen molar-refractivity contribution in [1.82, 2.24) is 4.90 Å². The van der Waals surface area contributed by atoms with E-state index in [1.165, 1.54) is 0 Å². The average Bonchev–Trinajstić information content (AvgIpc) is 3.01. The van der Waals surface area contributed by atoms with Crippen molar-refractivity contribution in [2.75, 3.05) is 43.0 Å². The van der Waals surface area contributed by atoms with E-state index in [1.807, 2.05) is 24.3 Å². The van der Waals surface area contributed by atoms with Gasteiger partial charge in [0.25, 0.3) is 11.1 Å². The summed E-state index contributed by atoms with van der Waals surface area (Å²) in [6.07, 6.45) is -2.80. The van der Waals surface area contributed by atoms with Crippen LogP contribution in [0.4, 0.5) is 29.3 Å². The number of anilines is 2. The van der Waals surface area contributed by atoms with Crippen LogP contribution in [-0.4, -0.2) is 60.2 Å². The molecule has 12 heteroatoms. The monoisotopic (exact) mass is 519 g/mol. The van der Waals surface area contributed by atoms with E-state index in [2.05, 4.69) is 16.8 Å². The van der Waals surface area contributed by atoms with Gasteiger partial charge in [0.05, 0.1) is 16.2 Å². The third-order valence-corrected chi connectivity index (χ3v) is 6.18. The maximum Gasteiger partial charge on any atom is 0.416 e. The first-order valence-electron chi connectivity index (χ1n) is 9.72. The molecular formula is C22H25ClF3N3O4S. The minimum atomic E-state index is -4.48. The van der Waals surface area contributed by atoms with Gasteiger partial charge in [-0.15, -0.1) is 12.4 Å². The van der Waals surface area contributed by atoms with Crippen molar-refractivity contribution in [2.45, 2.75) is 6.18 Å². The van der Waals surface area contributed by atoms with E-state index in [4.69, 9.17) is 0 Å². The standard InChI is InChI=1S/C22H20F3N3O2S.ClH.2H2O/c1-26-10-12-27(13-11-26)18-5-3-2-4-15(18)14-19-20(29)28(21(30)31-19)17-8-6-16(7-9-17)22(23,24)25;;;/h2-9,14H,10-13H2,1H3;1H;2*1H2/b19-14+;;;. The number of benzene rings is 2. The summed E-state index contributed by atoms with van der Waals surface area (Å²) < 4.78 is 38.4. The summed E-state index contributed by atoms with van der Waals surface area (Å²) >= 11 is 0.787. The second kappa shape index (κ2) is 11.7. The number of rotatable bonds is 3. The number of piperazine rings is 1. The second-order valence-electron chi connectivity index (χ2n) is 7.41. The summed E-state index contributed by atoms with van der Waals surface area (Å²) in [4.78, 5) is 31.0. The lowest BCUT2D eigenvalue weighted by molar-refractivity contribution is -0.137. The average molecular weight is 520 g/mol. The molecule has 2 aliphatic rings. The number of imide groups is 1. The first kappa shape index (κ1) is 29.5. The van der Waals surface area contributed by atoms with Crippen molar-refractivity contribution in [3.05, 3.63) is 64.6 Å². The molecule has 2 aromatic rings. The minimum Gasteiger partial charge on any atom is -0.412 e. The van der Waals surface area contributed by atoms with Crippen LogP contribution in [0.1, 0.15) is 11.1 Å². The number of nitrogens with zero attached hydrogens (tertiary/aromatic N) is 3. The van der Waals surface area contributed by atoms with Gasteiger partial charge in [0.15, 0.2) is 0 Å². The summed E-state index contributed by atoms with van der Waals surface area (Å²) in [5.41, 5.74) is 1.09. The molecule has 2 aliphatic heterocycles. The number of hydrogen-bond acceptors (Lipinski definition) is 5. The Morgan fingerprint density at radius 2 is 1.50 bits per heavy atom. The zero-order valence-electron chi connectivity index (χ0n) is 18.1. The Morgan fingerprint density at radius 1 is 0.912 bits per heavy atom. The number of halogens is 4. The SMILES string of the molecule is CN1CCN(c2ccccc2/C=C2/SC(=O)N(c3ccc(C(F)(F)F)cc3)C2=O)CC1.Cl.O.O. The number of carbonyl (C=O) groups excluding carboxylic acids is 2. The van der Waals surface area contributed by atoms with Gasteiger partial charge in [-0.3, -0.25) is 9.59 Å². The molecule has 0 radical (unpaired) electrons. The van der Waals surface area contributed by atoms with E-state index >= 15 is 0 Å². The largest absolute Gasteiger partial charge is 0.416 e. The van der Waals surface area contributed by atoms with Gasteiger partial charge in [0, 0.05) is 31.9 Å². The molecule has 0 bridgehead atoms. The lowest BCUT2D eigenvalue weighted by Crippen LogP contribution is -2.44. The normalized spacial score (nSPS) is 17.8. The molecule has 2 saturated heterocycles. The second-order valence-corrected chi connectivity index (χ2v) is 8.40. The van der Waals surface area contributed by atoms with Crippen LogP contribution in [0.5, 0.6) is 0 Å². The van der Waals surface area contributed by atoms with E-state index < -0.39 is 22.9 Å². The molecule has 186 valence electrons. The topological polar surface area (TPSA) is 107 Å². The molecule has 2 fully saturated rings. The van der Waals surface area contributed by atoms with Crippen molar-refractivity contribution < 1.29 is 33.7 Å². The third-order valence-electron chi connectivity index (χ3n) is 5.31. The maximum absolute atomic E-state index is 12.9. The number of amides is 2. The van der Waals surface area contributed by atoms with E-state index in [0.717, 1.165) is 78.4 Å². The first-order chi connectivity index (χ1) is 14.7. The van der Waals surface area contributed by atoms with E-state index in [-0.39, 0.29) is 34.0 Å². The van der Waals surface area contributed by atoms with E-state index in [9.17, 15) is 22.8 Å². The zero-order valence-corrected chi connectivity index (χ0v) is 19.8. The van der Waals surface area contributed by atoms with Gasteiger partial charge in [-0.05, 0) is 60.8 Å². The predicted molar refractivity (Wildman–Crippen MR) is 131 cm³/mol. The van der Waals surface area contributed by atoms with Crippen LogP contribution in [0.25, 0.3) is 6.08 Å². The first-order valence-corrected chi connectivity index (χ1v) is 10.5. The summed E-state index contributed by atoms with van der Waals surface area (Å²) in [7, 11) is 2.07. The van der Waals surface area contributed by atoms with Crippen LogP contribution in [-0.2, 0) is 11.0 Å². The molecule has 2 amide bonds. The zero-order chi connectivity index (χ0) is 22.2. The van der Waals surface area contributed by atoms with Crippen LogP contribution in [0.3, 0.4) is 0 Å². The Bertz CT molecular complexity index is 1040. The molecule has 4 rings (SSSR count). The quantitative estimate of drug-likeness (QED) is 0.577. The highest BCUT2D eigenvalue weighted by molar-refractivity contribution is 8.19. The number of hydrogen-bond donors (Lipinski definition) is 0. The third kappa shape index (κ3) is 6.10. The highest BCUT2D eigenvalue weighted by Crippen LogP contribution is 2.38. The molecule has 0 atom stereocenters. The molecule has 0 saturated carbocycles. The lowest BCUT2D eigenvalue weighted by Gasteiger charge is -2.34. The summed E-state index contributed by atoms with van der Waals surface area (Å²) in [6.45, 7) is 3.57. The van der Waals surface area contributed by atoms with Crippen LogP contribution in [0.2, 0.25) is 0 Å². The number of para-hydroxylation sites is 1. The number of thioether (sulfide) groups is 1. The number of alkyl halides is 3. The van der Waals surface area contributed by atoms with Gasteiger partial charge in [-0.2, -0.15) is 13.2 Å². The fraction of sp³-hybridized carbons (Fsp3) is 0.273.